The molecule has 0 bridgehead atoms. The van der Waals surface area contributed by atoms with E-state index >= 15 is 0 Å². The number of hydrazine groups is 1. The molecule has 0 aromatic carbocycles. The SMILES string of the molecule is COCCOCC(NN)C1CCC(C)CC1. The van der Waals surface area contributed by atoms with Gasteiger partial charge in [-0.25, -0.2) is 0 Å². The maximum atomic E-state index is 5.59. The standard InChI is InChI=1S/C12H26N2O2/c1-10-3-5-11(6-4-10)12(14-13)9-16-8-7-15-2/h10-12,14H,3-9,13H2,1-2H3. The number of nitrogens with one attached hydrogen (secondary N) is 1. The van der Waals surface area contributed by atoms with Crippen molar-refractivity contribution in [3.63, 3.8) is 0 Å². The normalized spacial score (nSPS) is 27.9. The van der Waals surface area contributed by atoms with Crippen LogP contribution in [0, 0.1) is 11.8 Å². The molecule has 16 heavy (non-hydrogen) atoms. The summed E-state index contributed by atoms with van der Waals surface area (Å²) in [5, 5.41) is 0. The molecule has 1 saturated carbocycles. The van der Waals surface area contributed by atoms with Crippen molar-refractivity contribution in [2.75, 3.05) is 26.9 Å². The van der Waals surface area contributed by atoms with E-state index in [1.165, 1.54) is 25.7 Å². The van der Waals surface area contributed by atoms with Gasteiger partial charge in [0, 0.05) is 13.2 Å². The zero-order valence-corrected chi connectivity index (χ0v) is 10.6. The Kier molecular flexibility index (Phi) is 6.96. The highest BCUT2D eigenvalue weighted by Crippen LogP contribution is 2.30. The van der Waals surface area contributed by atoms with Gasteiger partial charge < -0.3 is 9.47 Å². The number of hydrogen-bond acceptors (Lipinski definition) is 4. The predicted octanol–water partition coefficient (Wildman–Crippen LogP) is 1.31. The Morgan fingerprint density at radius 1 is 1.25 bits per heavy atom. The highest BCUT2D eigenvalue weighted by Gasteiger charge is 2.25. The van der Waals surface area contributed by atoms with Crippen LogP contribution in [-0.2, 0) is 9.47 Å². The summed E-state index contributed by atoms with van der Waals surface area (Å²) in [4.78, 5) is 0. The first kappa shape index (κ1) is 13.9. The van der Waals surface area contributed by atoms with Crippen LogP contribution in [0.25, 0.3) is 0 Å². The van der Waals surface area contributed by atoms with E-state index in [-0.39, 0.29) is 0 Å². The maximum Gasteiger partial charge on any atom is 0.0701 e. The number of rotatable bonds is 7. The maximum absolute atomic E-state index is 5.59. The van der Waals surface area contributed by atoms with Gasteiger partial charge in [-0.1, -0.05) is 19.8 Å². The molecule has 1 fully saturated rings. The highest BCUT2D eigenvalue weighted by atomic mass is 16.5. The van der Waals surface area contributed by atoms with Gasteiger partial charge in [-0.3, -0.25) is 11.3 Å². The summed E-state index contributed by atoms with van der Waals surface area (Å²) < 4.78 is 10.5. The van der Waals surface area contributed by atoms with Gasteiger partial charge in [-0.2, -0.15) is 0 Å². The fourth-order valence-corrected chi connectivity index (χ4v) is 2.36. The summed E-state index contributed by atoms with van der Waals surface area (Å²) in [6.07, 6.45) is 5.18. The first-order chi connectivity index (χ1) is 7.77. The first-order valence-electron chi connectivity index (χ1n) is 6.30. The van der Waals surface area contributed by atoms with Gasteiger partial charge in [0.15, 0.2) is 0 Å². The smallest absolute Gasteiger partial charge is 0.0701 e. The molecule has 0 saturated heterocycles. The van der Waals surface area contributed by atoms with Crippen LogP contribution in [0.15, 0.2) is 0 Å². The minimum atomic E-state index is 0.296. The van der Waals surface area contributed by atoms with Gasteiger partial charge in [0.25, 0.3) is 0 Å². The van der Waals surface area contributed by atoms with Crippen molar-refractivity contribution in [1.82, 2.24) is 5.43 Å². The molecule has 0 spiro atoms. The zero-order valence-electron chi connectivity index (χ0n) is 10.6. The quantitative estimate of drug-likeness (QED) is 0.393. The molecule has 1 aliphatic carbocycles. The van der Waals surface area contributed by atoms with Gasteiger partial charge in [-0.15, -0.1) is 0 Å². The molecule has 0 aromatic rings. The molecule has 1 rings (SSSR count). The fraction of sp³-hybridized carbons (Fsp3) is 1.00. The molecule has 96 valence electrons. The van der Waals surface area contributed by atoms with Crippen LogP contribution < -0.4 is 11.3 Å². The second kappa shape index (κ2) is 8.01. The molecular weight excluding hydrogens is 204 g/mol. The van der Waals surface area contributed by atoms with Crippen molar-refractivity contribution in [1.29, 1.82) is 0 Å². The van der Waals surface area contributed by atoms with Crippen molar-refractivity contribution < 1.29 is 9.47 Å². The lowest BCUT2D eigenvalue weighted by Crippen LogP contribution is -2.45. The molecule has 0 amide bonds. The van der Waals surface area contributed by atoms with E-state index in [0.717, 1.165) is 5.92 Å². The molecular formula is C12H26N2O2. The van der Waals surface area contributed by atoms with Crippen molar-refractivity contribution in [2.24, 2.45) is 17.7 Å². The summed E-state index contributed by atoms with van der Waals surface area (Å²) in [7, 11) is 1.69. The molecule has 1 aliphatic rings. The van der Waals surface area contributed by atoms with E-state index in [1.807, 2.05) is 0 Å². The molecule has 0 heterocycles. The lowest BCUT2D eigenvalue weighted by atomic mass is 9.79. The molecule has 1 unspecified atom stereocenters. The third kappa shape index (κ3) is 4.78. The molecule has 0 radical (unpaired) electrons. The van der Waals surface area contributed by atoms with E-state index in [2.05, 4.69) is 12.3 Å². The topological polar surface area (TPSA) is 56.5 Å². The van der Waals surface area contributed by atoms with Crippen LogP contribution in [0.4, 0.5) is 0 Å². The largest absolute Gasteiger partial charge is 0.382 e. The minimum absolute atomic E-state index is 0.296. The molecule has 1 atom stereocenters. The number of nitrogens with two attached hydrogens (primary N) is 1. The molecule has 3 N–H and O–H groups in total. The van der Waals surface area contributed by atoms with Crippen LogP contribution in [0.2, 0.25) is 0 Å². The molecule has 0 aliphatic heterocycles. The lowest BCUT2D eigenvalue weighted by Gasteiger charge is -2.32. The summed E-state index contributed by atoms with van der Waals surface area (Å²) in [6, 6.07) is 0.296. The monoisotopic (exact) mass is 230 g/mol. The van der Waals surface area contributed by atoms with Crippen LogP contribution >= 0.6 is 0 Å². The van der Waals surface area contributed by atoms with Crippen LogP contribution in [0.5, 0.6) is 0 Å². The first-order valence-corrected chi connectivity index (χ1v) is 6.30. The fourth-order valence-electron chi connectivity index (χ4n) is 2.36. The van der Waals surface area contributed by atoms with Crippen LogP contribution in [0.3, 0.4) is 0 Å². The van der Waals surface area contributed by atoms with Gasteiger partial charge in [-0.05, 0) is 24.7 Å². The van der Waals surface area contributed by atoms with E-state index in [4.69, 9.17) is 15.3 Å². The number of ether oxygens (including phenoxy) is 2. The number of methoxy groups -OCH3 is 1. The Labute approximate surface area is 98.8 Å². The van der Waals surface area contributed by atoms with Crippen molar-refractivity contribution >= 4 is 0 Å². The third-order valence-corrected chi connectivity index (χ3v) is 3.57. The molecule has 4 heteroatoms. The average molecular weight is 230 g/mol. The van der Waals surface area contributed by atoms with Gasteiger partial charge in [0.2, 0.25) is 0 Å². The summed E-state index contributed by atoms with van der Waals surface area (Å²) >= 11 is 0. The average Bonchev–Trinajstić information content (AvgIpc) is 2.31. The van der Waals surface area contributed by atoms with Crippen molar-refractivity contribution in [2.45, 2.75) is 38.6 Å². The Hall–Kier alpha value is -0.160. The summed E-state index contributed by atoms with van der Waals surface area (Å²) in [5.74, 6) is 7.14. The molecule has 4 nitrogen and oxygen atoms in total. The van der Waals surface area contributed by atoms with Crippen molar-refractivity contribution in [3.05, 3.63) is 0 Å². The number of hydrogen-bond donors (Lipinski definition) is 2. The third-order valence-electron chi connectivity index (χ3n) is 3.57. The highest BCUT2D eigenvalue weighted by molar-refractivity contribution is 4.79. The zero-order chi connectivity index (χ0) is 11.8. The van der Waals surface area contributed by atoms with Gasteiger partial charge in [0.05, 0.1) is 19.8 Å². The van der Waals surface area contributed by atoms with Crippen molar-refractivity contribution in [3.8, 4) is 0 Å². The van der Waals surface area contributed by atoms with Gasteiger partial charge in [0.1, 0.15) is 0 Å². The second-order valence-electron chi connectivity index (χ2n) is 4.86. The predicted molar refractivity (Wildman–Crippen MR) is 64.9 cm³/mol. The van der Waals surface area contributed by atoms with Crippen LogP contribution in [0.1, 0.15) is 32.6 Å². The van der Waals surface area contributed by atoms with Gasteiger partial charge >= 0.3 is 0 Å². The van der Waals surface area contributed by atoms with E-state index in [1.54, 1.807) is 7.11 Å². The second-order valence-corrected chi connectivity index (χ2v) is 4.86. The van der Waals surface area contributed by atoms with E-state index < -0.39 is 0 Å². The van der Waals surface area contributed by atoms with Crippen LogP contribution in [-0.4, -0.2) is 33.0 Å². The lowest BCUT2D eigenvalue weighted by molar-refractivity contribution is 0.0432. The van der Waals surface area contributed by atoms with E-state index in [9.17, 15) is 0 Å². The minimum Gasteiger partial charge on any atom is -0.382 e. The van der Waals surface area contributed by atoms with E-state index in [0.29, 0.717) is 31.8 Å². The Morgan fingerprint density at radius 3 is 2.50 bits per heavy atom. The molecule has 0 aromatic heterocycles. The Balaban J connectivity index is 2.19. The Bertz CT molecular complexity index is 170. The summed E-state index contributed by atoms with van der Waals surface area (Å²) in [6.45, 7) is 4.33. The Morgan fingerprint density at radius 2 is 1.94 bits per heavy atom. The summed E-state index contributed by atoms with van der Waals surface area (Å²) in [5.41, 5.74) is 2.90.